The molecule has 130 valence electrons. The highest BCUT2D eigenvalue weighted by atomic mass is 16.3. The van der Waals surface area contributed by atoms with Gasteiger partial charge in [-0.15, -0.1) is 0 Å². The Morgan fingerprint density at radius 1 is 1.38 bits per heavy atom. The van der Waals surface area contributed by atoms with E-state index in [0.29, 0.717) is 18.7 Å². The third-order valence-electron chi connectivity index (χ3n) is 4.24. The van der Waals surface area contributed by atoms with Crippen LogP contribution in [-0.4, -0.2) is 47.2 Å². The van der Waals surface area contributed by atoms with Gasteiger partial charge in [-0.2, -0.15) is 0 Å². The van der Waals surface area contributed by atoms with Crippen LogP contribution in [0, 0.1) is 0 Å². The van der Waals surface area contributed by atoms with Crippen LogP contribution in [-0.2, 0) is 4.79 Å². The summed E-state index contributed by atoms with van der Waals surface area (Å²) in [5, 5.41) is 12.4. The monoisotopic (exact) mass is 329 g/mol. The molecule has 0 saturated carbocycles. The fourth-order valence-corrected chi connectivity index (χ4v) is 2.92. The van der Waals surface area contributed by atoms with Gasteiger partial charge in [-0.1, -0.05) is 37.3 Å². The number of fused-ring (bicyclic) bond motifs is 1. The average Bonchev–Trinajstić information content (AvgIpc) is 2.76. The average molecular weight is 329 g/mol. The normalized spacial score (nSPS) is 19.0. The van der Waals surface area contributed by atoms with Crippen molar-refractivity contribution in [2.45, 2.75) is 45.4 Å². The summed E-state index contributed by atoms with van der Waals surface area (Å²) in [7, 11) is 0. The number of likely N-dealkylation sites (N-methyl/N-ethyl adjacent to an activating group) is 1. The number of carbonyl (C=O) groups excluding carboxylic acids is 1. The van der Waals surface area contributed by atoms with E-state index in [0.717, 1.165) is 17.0 Å². The quantitative estimate of drug-likeness (QED) is 0.791. The van der Waals surface area contributed by atoms with Gasteiger partial charge < -0.3 is 15.7 Å². The molecular formula is C19H27N3O2. The van der Waals surface area contributed by atoms with E-state index in [1.165, 1.54) is 0 Å². The maximum Gasteiger partial charge on any atom is 0.242 e. The van der Waals surface area contributed by atoms with Crippen LogP contribution in [0.3, 0.4) is 0 Å². The lowest BCUT2D eigenvalue weighted by Crippen LogP contribution is -2.51. The van der Waals surface area contributed by atoms with Gasteiger partial charge in [0, 0.05) is 18.3 Å². The predicted octanol–water partition coefficient (Wildman–Crippen LogP) is 0.362. The molecule has 0 fully saturated rings. The van der Waals surface area contributed by atoms with Crippen LogP contribution in [0.2, 0.25) is 0 Å². The molecule has 24 heavy (non-hydrogen) atoms. The Labute approximate surface area is 143 Å². The number of para-hydroxylation sites is 1. The van der Waals surface area contributed by atoms with Crippen molar-refractivity contribution in [2.75, 3.05) is 13.1 Å². The molecule has 0 radical (unpaired) electrons. The SMILES string of the molecule is CCCN(CC)C(=O)[C@H](N)[C@@H](O)C1=c2ccccc2=NC(C)C=C1. The zero-order valence-electron chi connectivity index (χ0n) is 14.6. The first-order valence-corrected chi connectivity index (χ1v) is 8.57. The van der Waals surface area contributed by atoms with Crippen LogP contribution in [0.15, 0.2) is 41.4 Å². The Morgan fingerprint density at radius 3 is 2.75 bits per heavy atom. The molecule has 2 rings (SSSR count). The lowest BCUT2D eigenvalue weighted by Gasteiger charge is -2.27. The maximum atomic E-state index is 12.6. The molecule has 3 atom stereocenters. The molecule has 1 aliphatic rings. The number of amides is 1. The Hall–Kier alpha value is -1.98. The summed E-state index contributed by atoms with van der Waals surface area (Å²) in [6.45, 7) is 7.14. The number of aliphatic hydroxyl groups is 1. The molecule has 5 heteroatoms. The second kappa shape index (κ2) is 8.22. The van der Waals surface area contributed by atoms with Crippen LogP contribution in [0.25, 0.3) is 5.57 Å². The number of carbonyl (C=O) groups is 1. The van der Waals surface area contributed by atoms with Crippen molar-refractivity contribution < 1.29 is 9.90 Å². The van der Waals surface area contributed by atoms with Gasteiger partial charge in [-0.25, -0.2) is 0 Å². The fraction of sp³-hybridized carbons (Fsp3) is 0.474. The van der Waals surface area contributed by atoms with E-state index in [-0.39, 0.29) is 11.9 Å². The van der Waals surface area contributed by atoms with Gasteiger partial charge in [0.05, 0.1) is 11.4 Å². The molecule has 5 nitrogen and oxygen atoms in total. The van der Waals surface area contributed by atoms with Gasteiger partial charge >= 0.3 is 0 Å². The van der Waals surface area contributed by atoms with Gasteiger partial charge in [-0.05, 0) is 31.9 Å². The van der Waals surface area contributed by atoms with E-state index >= 15 is 0 Å². The summed E-state index contributed by atoms with van der Waals surface area (Å²) in [4.78, 5) is 18.9. The smallest absolute Gasteiger partial charge is 0.242 e. The third kappa shape index (κ3) is 3.91. The zero-order chi connectivity index (χ0) is 17.7. The standard InChI is InChI=1S/C19H27N3O2/c1-4-12-22(5-2)19(24)17(20)18(23)15-11-10-13(3)21-16-9-7-6-8-14(15)16/h6-11,13,17-18,23H,4-5,12,20H2,1-3H3/t13?,17-,18+/m1/s1. The lowest BCUT2D eigenvalue weighted by atomic mass is 9.98. The topological polar surface area (TPSA) is 78.9 Å². The summed E-state index contributed by atoms with van der Waals surface area (Å²) in [6, 6.07) is 6.64. The van der Waals surface area contributed by atoms with E-state index in [2.05, 4.69) is 4.99 Å². The molecule has 1 unspecified atom stereocenters. The molecule has 1 aromatic carbocycles. The minimum Gasteiger partial charge on any atom is -0.386 e. The molecule has 1 aliphatic heterocycles. The van der Waals surface area contributed by atoms with Crippen molar-refractivity contribution in [3.05, 3.63) is 47.0 Å². The van der Waals surface area contributed by atoms with Gasteiger partial charge in [0.1, 0.15) is 12.1 Å². The maximum absolute atomic E-state index is 12.6. The first-order chi connectivity index (χ1) is 11.5. The Morgan fingerprint density at radius 2 is 2.08 bits per heavy atom. The fourth-order valence-electron chi connectivity index (χ4n) is 2.92. The molecule has 1 amide bonds. The largest absolute Gasteiger partial charge is 0.386 e. The molecular weight excluding hydrogens is 302 g/mol. The minimum atomic E-state index is -1.07. The van der Waals surface area contributed by atoms with Gasteiger partial charge in [-0.3, -0.25) is 9.79 Å². The zero-order valence-corrected chi connectivity index (χ0v) is 14.6. The molecule has 1 heterocycles. The van der Waals surface area contributed by atoms with E-state index < -0.39 is 12.1 Å². The van der Waals surface area contributed by atoms with Crippen molar-refractivity contribution in [3.63, 3.8) is 0 Å². The molecule has 0 aliphatic carbocycles. The molecule has 0 bridgehead atoms. The number of hydrogen-bond acceptors (Lipinski definition) is 4. The van der Waals surface area contributed by atoms with Crippen molar-refractivity contribution in [3.8, 4) is 0 Å². The van der Waals surface area contributed by atoms with Crippen molar-refractivity contribution in [2.24, 2.45) is 10.7 Å². The first kappa shape index (κ1) is 18.4. The van der Waals surface area contributed by atoms with Crippen LogP contribution in [0.1, 0.15) is 27.2 Å². The van der Waals surface area contributed by atoms with Crippen LogP contribution in [0.5, 0.6) is 0 Å². The molecule has 0 saturated heterocycles. The summed E-state index contributed by atoms with van der Waals surface area (Å²) >= 11 is 0. The number of aliphatic hydroxyl groups excluding tert-OH is 1. The molecule has 1 aromatic rings. The Balaban J connectivity index is 2.41. The summed E-state index contributed by atoms with van der Waals surface area (Å²) < 4.78 is 0. The van der Waals surface area contributed by atoms with Crippen molar-refractivity contribution in [1.29, 1.82) is 0 Å². The summed E-state index contributed by atoms with van der Waals surface area (Å²) in [5.74, 6) is -0.223. The van der Waals surface area contributed by atoms with E-state index in [9.17, 15) is 9.90 Å². The number of nitrogens with two attached hydrogens (primary N) is 1. The molecule has 3 N–H and O–H groups in total. The Kier molecular flexibility index (Phi) is 6.29. The highest BCUT2D eigenvalue weighted by molar-refractivity contribution is 5.85. The third-order valence-corrected chi connectivity index (χ3v) is 4.24. The molecule has 0 aromatic heterocycles. The number of hydrogen-bond donors (Lipinski definition) is 2. The second-order valence-electron chi connectivity index (χ2n) is 6.09. The van der Waals surface area contributed by atoms with Crippen LogP contribution >= 0.6 is 0 Å². The van der Waals surface area contributed by atoms with Crippen LogP contribution < -0.4 is 16.3 Å². The van der Waals surface area contributed by atoms with Crippen molar-refractivity contribution >= 4 is 11.5 Å². The highest BCUT2D eigenvalue weighted by Gasteiger charge is 2.28. The van der Waals surface area contributed by atoms with Crippen molar-refractivity contribution in [1.82, 2.24) is 4.90 Å². The summed E-state index contributed by atoms with van der Waals surface area (Å²) in [5.41, 5.74) is 6.76. The number of benzene rings is 1. The number of rotatable bonds is 6. The Bertz CT molecular complexity index is 726. The van der Waals surface area contributed by atoms with E-state index in [1.807, 2.05) is 57.2 Å². The van der Waals surface area contributed by atoms with Gasteiger partial charge in [0.25, 0.3) is 0 Å². The second-order valence-corrected chi connectivity index (χ2v) is 6.09. The van der Waals surface area contributed by atoms with E-state index in [1.54, 1.807) is 4.90 Å². The predicted molar refractivity (Wildman–Crippen MR) is 95.8 cm³/mol. The molecule has 0 spiro atoms. The highest BCUT2D eigenvalue weighted by Crippen LogP contribution is 2.12. The summed E-state index contributed by atoms with van der Waals surface area (Å²) in [6.07, 6.45) is 3.55. The van der Waals surface area contributed by atoms with Crippen LogP contribution in [0.4, 0.5) is 0 Å². The lowest BCUT2D eigenvalue weighted by molar-refractivity contribution is -0.134. The van der Waals surface area contributed by atoms with Gasteiger partial charge in [0.15, 0.2) is 0 Å². The van der Waals surface area contributed by atoms with E-state index in [4.69, 9.17) is 5.73 Å². The van der Waals surface area contributed by atoms with Gasteiger partial charge in [0.2, 0.25) is 5.91 Å². The minimum absolute atomic E-state index is 0.00927. The first-order valence-electron chi connectivity index (χ1n) is 8.57. The number of nitrogens with zero attached hydrogens (tertiary/aromatic N) is 2.